The highest BCUT2D eigenvalue weighted by atomic mass is 16.3. The molecular weight excluding hydrogens is 216 g/mol. The van der Waals surface area contributed by atoms with Crippen LogP contribution in [-0.4, -0.2) is 23.6 Å². The quantitative estimate of drug-likeness (QED) is 0.813. The minimum absolute atomic E-state index is 0.141. The Labute approximate surface area is 102 Å². The lowest BCUT2D eigenvalue weighted by Crippen LogP contribution is -2.39. The number of carbonyl (C=O) groups excluding carboxylic acids is 1. The zero-order valence-corrected chi connectivity index (χ0v) is 10.6. The van der Waals surface area contributed by atoms with Crippen molar-refractivity contribution in [2.24, 2.45) is 5.73 Å². The van der Waals surface area contributed by atoms with Gasteiger partial charge in [-0.25, -0.2) is 0 Å². The zero-order chi connectivity index (χ0) is 13.0. The van der Waals surface area contributed by atoms with Crippen LogP contribution in [0.3, 0.4) is 0 Å². The van der Waals surface area contributed by atoms with Crippen LogP contribution < -0.4 is 10.6 Å². The number of hydrogen-bond acceptors (Lipinski definition) is 3. The number of benzene rings is 1. The number of para-hydroxylation sites is 1. The molecular formula is C13H20N2O2. The van der Waals surface area contributed by atoms with E-state index in [1.807, 2.05) is 43.0 Å². The van der Waals surface area contributed by atoms with E-state index >= 15 is 0 Å². The molecule has 3 N–H and O–H groups in total. The molecule has 1 rings (SSSR count). The molecule has 0 aromatic heterocycles. The number of aliphatic hydroxyl groups excluding tert-OH is 1. The fourth-order valence-corrected chi connectivity index (χ4v) is 1.82. The van der Waals surface area contributed by atoms with Crippen LogP contribution in [0.1, 0.15) is 32.4 Å². The first-order valence-electron chi connectivity index (χ1n) is 5.75. The Hall–Kier alpha value is -1.55. The number of amides is 1. The van der Waals surface area contributed by atoms with Crippen LogP contribution in [-0.2, 0) is 4.79 Å². The first-order chi connectivity index (χ1) is 7.93. The van der Waals surface area contributed by atoms with E-state index in [-0.39, 0.29) is 18.5 Å². The lowest BCUT2D eigenvalue weighted by Gasteiger charge is -2.30. The van der Waals surface area contributed by atoms with Gasteiger partial charge in [0.05, 0.1) is 12.6 Å². The fraction of sp³-hybridized carbons (Fsp3) is 0.462. The van der Waals surface area contributed by atoms with E-state index in [1.54, 1.807) is 6.92 Å². The van der Waals surface area contributed by atoms with Gasteiger partial charge in [-0.1, -0.05) is 18.2 Å². The molecule has 0 saturated heterocycles. The Morgan fingerprint density at radius 2 is 1.94 bits per heavy atom. The standard InChI is InChI=1S/C13H20N2O2/c1-9(2)15(8-13(14)17)12-7-5-4-6-11(12)10(3)16/h4-7,9-10,16H,8H2,1-3H3,(H2,14,17). The molecule has 0 spiro atoms. The molecule has 1 atom stereocenters. The number of anilines is 1. The van der Waals surface area contributed by atoms with Crippen LogP contribution in [0.4, 0.5) is 5.69 Å². The molecule has 0 heterocycles. The molecule has 0 radical (unpaired) electrons. The number of carbonyl (C=O) groups is 1. The highest BCUT2D eigenvalue weighted by Crippen LogP contribution is 2.27. The Bertz CT molecular complexity index is 389. The van der Waals surface area contributed by atoms with Crippen molar-refractivity contribution in [1.82, 2.24) is 0 Å². The van der Waals surface area contributed by atoms with Gasteiger partial charge in [-0.05, 0) is 26.8 Å². The molecule has 1 unspecified atom stereocenters. The molecule has 94 valence electrons. The van der Waals surface area contributed by atoms with Crippen molar-refractivity contribution >= 4 is 11.6 Å². The third-order valence-electron chi connectivity index (χ3n) is 2.65. The normalized spacial score (nSPS) is 12.5. The van der Waals surface area contributed by atoms with Gasteiger partial charge >= 0.3 is 0 Å². The summed E-state index contributed by atoms with van der Waals surface area (Å²) in [7, 11) is 0. The fourth-order valence-electron chi connectivity index (χ4n) is 1.82. The second-order valence-corrected chi connectivity index (χ2v) is 4.42. The van der Waals surface area contributed by atoms with Gasteiger partial charge in [0.2, 0.25) is 5.91 Å². The van der Waals surface area contributed by atoms with Gasteiger partial charge in [-0.2, -0.15) is 0 Å². The van der Waals surface area contributed by atoms with Crippen molar-refractivity contribution in [3.63, 3.8) is 0 Å². The van der Waals surface area contributed by atoms with E-state index < -0.39 is 6.10 Å². The molecule has 1 amide bonds. The van der Waals surface area contributed by atoms with Crippen molar-refractivity contribution in [2.45, 2.75) is 32.9 Å². The molecule has 0 aliphatic carbocycles. The van der Waals surface area contributed by atoms with Crippen LogP contribution >= 0.6 is 0 Å². The van der Waals surface area contributed by atoms with E-state index in [0.717, 1.165) is 11.3 Å². The number of primary amides is 1. The second kappa shape index (κ2) is 5.68. The molecule has 1 aromatic rings. The summed E-state index contributed by atoms with van der Waals surface area (Å²) in [6, 6.07) is 7.65. The molecule has 0 saturated carbocycles. The summed E-state index contributed by atoms with van der Waals surface area (Å²) < 4.78 is 0. The average Bonchev–Trinajstić information content (AvgIpc) is 2.25. The Morgan fingerprint density at radius 1 is 1.35 bits per heavy atom. The van der Waals surface area contributed by atoms with Gasteiger partial charge in [-0.3, -0.25) is 4.79 Å². The van der Waals surface area contributed by atoms with Gasteiger partial charge in [0, 0.05) is 17.3 Å². The van der Waals surface area contributed by atoms with E-state index in [4.69, 9.17) is 5.73 Å². The summed E-state index contributed by atoms with van der Waals surface area (Å²) in [6.45, 7) is 5.84. The smallest absolute Gasteiger partial charge is 0.236 e. The van der Waals surface area contributed by atoms with Crippen LogP contribution in [0.25, 0.3) is 0 Å². The number of rotatable bonds is 5. The maximum Gasteiger partial charge on any atom is 0.236 e. The third kappa shape index (κ3) is 3.46. The van der Waals surface area contributed by atoms with Crippen molar-refractivity contribution in [1.29, 1.82) is 0 Å². The van der Waals surface area contributed by atoms with Crippen molar-refractivity contribution in [3.8, 4) is 0 Å². The Morgan fingerprint density at radius 3 is 2.41 bits per heavy atom. The lowest BCUT2D eigenvalue weighted by atomic mass is 10.1. The Kier molecular flexibility index (Phi) is 4.52. The SMILES string of the molecule is CC(O)c1ccccc1N(CC(N)=O)C(C)C. The molecule has 4 heteroatoms. The summed E-state index contributed by atoms with van der Waals surface area (Å²) in [6.07, 6.45) is -0.569. The first-order valence-corrected chi connectivity index (χ1v) is 5.75. The predicted octanol–water partition coefficient (Wildman–Crippen LogP) is 1.44. The van der Waals surface area contributed by atoms with E-state index in [1.165, 1.54) is 0 Å². The maximum absolute atomic E-state index is 11.1. The predicted molar refractivity (Wildman–Crippen MR) is 68.8 cm³/mol. The molecule has 4 nitrogen and oxygen atoms in total. The minimum Gasteiger partial charge on any atom is -0.389 e. The van der Waals surface area contributed by atoms with Crippen LogP contribution in [0.2, 0.25) is 0 Å². The monoisotopic (exact) mass is 236 g/mol. The van der Waals surface area contributed by atoms with E-state index in [9.17, 15) is 9.90 Å². The van der Waals surface area contributed by atoms with Gasteiger partial charge in [0.15, 0.2) is 0 Å². The van der Waals surface area contributed by atoms with E-state index in [0.29, 0.717) is 0 Å². The van der Waals surface area contributed by atoms with Gasteiger partial charge in [0.1, 0.15) is 0 Å². The maximum atomic E-state index is 11.1. The number of hydrogen-bond donors (Lipinski definition) is 2. The third-order valence-corrected chi connectivity index (χ3v) is 2.65. The minimum atomic E-state index is -0.569. The number of nitrogens with zero attached hydrogens (tertiary/aromatic N) is 1. The summed E-state index contributed by atoms with van der Waals surface area (Å²) in [5.41, 5.74) is 6.92. The van der Waals surface area contributed by atoms with Gasteiger partial charge in [-0.15, -0.1) is 0 Å². The van der Waals surface area contributed by atoms with Crippen LogP contribution in [0.15, 0.2) is 24.3 Å². The number of nitrogens with two attached hydrogens (primary N) is 1. The van der Waals surface area contributed by atoms with Crippen LogP contribution in [0, 0.1) is 0 Å². The molecule has 17 heavy (non-hydrogen) atoms. The molecule has 0 fully saturated rings. The van der Waals surface area contributed by atoms with Crippen molar-refractivity contribution < 1.29 is 9.90 Å². The number of aliphatic hydroxyl groups is 1. The highest BCUT2D eigenvalue weighted by Gasteiger charge is 2.17. The van der Waals surface area contributed by atoms with Gasteiger partial charge in [0.25, 0.3) is 0 Å². The molecule has 0 aliphatic rings. The summed E-state index contributed by atoms with van der Waals surface area (Å²) >= 11 is 0. The summed E-state index contributed by atoms with van der Waals surface area (Å²) in [4.78, 5) is 13.0. The summed E-state index contributed by atoms with van der Waals surface area (Å²) in [5.74, 6) is -0.376. The van der Waals surface area contributed by atoms with Gasteiger partial charge < -0.3 is 15.7 Å². The first kappa shape index (κ1) is 13.5. The lowest BCUT2D eigenvalue weighted by molar-refractivity contribution is -0.116. The summed E-state index contributed by atoms with van der Waals surface area (Å²) in [5, 5.41) is 9.73. The second-order valence-electron chi connectivity index (χ2n) is 4.42. The Balaban J connectivity index is 3.13. The largest absolute Gasteiger partial charge is 0.389 e. The molecule has 0 aliphatic heterocycles. The zero-order valence-electron chi connectivity index (χ0n) is 10.6. The molecule has 1 aromatic carbocycles. The highest BCUT2D eigenvalue weighted by molar-refractivity contribution is 5.80. The van der Waals surface area contributed by atoms with Crippen molar-refractivity contribution in [2.75, 3.05) is 11.4 Å². The van der Waals surface area contributed by atoms with E-state index in [2.05, 4.69) is 0 Å². The topological polar surface area (TPSA) is 66.6 Å². The van der Waals surface area contributed by atoms with Crippen LogP contribution in [0.5, 0.6) is 0 Å². The average molecular weight is 236 g/mol. The van der Waals surface area contributed by atoms with Crippen molar-refractivity contribution in [3.05, 3.63) is 29.8 Å². The molecule has 0 bridgehead atoms.